The molecule has 1 N–H and O–H groups in total. The van der Waals surface area contributed by atoms with Gasteiger partial charge < -0.3 is 19.9 Å². The van der Waals surface area contributed by atoms with Gasteiger partial charge >= 0.3 is 0 Å². The maximum absolute atomic E-state index is 14.1. The highest BCUT2D eigenvalue weighted by Gasteiger charge is 2.30. The Morgan fingerprint density at radius 2 is 1.38 bits per heavy atom. The highest BCUT2D eigenvalue weighted by atomic mass is 35.5. The van der Waals surface area contributed by atoms with Gasteiger partial charge in [0.2, 0.25) is 5.82 Å². The lowest BCUT2D eigenvalue weighted by Crippen LogP contribution is -2.47. The van der Waals surface area contributed by atoms with Crippen molar-refractivity contribution in [1.82, 2.24) is 0 Å². The molecule has 1 unspecified atom stereocenters. The molecule has 1 amide bonds. The number of carbonyl (C=O) groups excluding carboxylic acids is 1. The average Bonchev–Trinajstić information content (AvgIpc) is 2.89. The minimum atomic E-state index is -2.18. The van der Waals surface area contributed by atoms with E-state index < -0.39 is 46.8 Å². The fraction of sp³-hybridized carbons (Fsp3) is 0.240. The van der Waals surface area contributed by atoms with Crippen LogP contribution < -0.4 is 19.9 Å². The second-order valence-electron chi connectivity index (χ2n) is 8.26. The second kappa shape index (κ2) is 11.0. The lowest BCUT2D eigenvalue weighted by atomic mass is 10.2. The topological polar surface area (TPSA) is 44.8 Å². The Hall–Kier alpha value is -3.24. The van der Waals surface area contributed by atoms with Gasteiger partial charge in [0.25, 0.3) is 5.91 Å². The smallest absolute Gasteiger partial charge is 0.265 e. The van der Waals surface area contributed by atoms with Crippen LogP contribution in [0.4, 0.5) is 39.0 Å². The molecule has 0 aromatic heterocycles. The number of halogens is 7. The van der Waals surface area contributed by atoms with Crippen LogP contribution in [-0.4, -0.2) is 38.2 Å². The number of amides is 1. The molecule has 1 aliphatic heterocycles. The number of piperazine rings is 1. The molecule has 0 bridgehead atoms. The van der Waals surface area contributed by atoms with Gasteiger partial charge in [-0.3, -0.25) is 4.79 Å². The van der Waals surface area contributed by atoms with Gasteiger partial charge in [0.15, 0.2) is 29.4 Å². The molecule has 1 aliphatic rings. The molecular weight excluding hydrogens is 540 g/mol. The number of ether oxygens (including phenoxy) is 1. The first-order valence-electron chi connectivity index (χ1n) is 11.1. The zero-order valence-electron chi connectivity index (χ0n) is 19.3. The number of rotatable bonds is 6. The van der Waals surface area contributed by atoms with Gasteiger partial charge in [-0.1, -0.05) is 23.2 Å². The Morgan fingerprint density at radius 1 is 0.838 bits per heavy atom. The van der Waals surface area contributed by atoms with Crippen molar-refractivity contribution in [3.63, 3.8) is 0 Å². The number of hydrogen-bond acceptors (Lipinski definition) is 4. The summed E-state index contributed by atoms with van der Waals surface area (Å²) in [5, 5.41) is 3.45. The first kappa shape index (κ1) is 26.8. The summed E-state index contributed by atoms with van der Waals surface area (Å²) in [6, 6.07) is 11.5. The van der Waals surface area contributed by atoms with Gasteiger partial charge in [-0.2, -0.15) is 0 Å². The first-order valence-corrected chi connectivity index (χ1v) is 11.9. The minimum absolute atomic E-state index is 0.0406. The van der Waals surface area contributed by atoms with Crippen LogP contribution in [0.25, 0.3) is 0 Å². The summed E-state index contributed by atoms with van der Waals surface area (Å²) in [7, 11) is 0. The molecule has 1 heterocycles. The summed E-state index contributed by atoms with van der Waals surface area (Å²) >= 11 is 11.9. The Bertz CT molecular complexity index is 1290. The molecule has 0 spiro atoms. The van der Waals surface area contributed by atoms with Crippen molar-refractivity contribution in [2.24, 2.45) is 0 Å². The molecule has 4 rings (SSSR count). The Labute approximate surface area is 219 Å². The van der Waals surface area contributed by atoms with Gasteiger partial charge in [-0.05, 0) is 49.4 Å². The molecular formula is C25H20Cl2F5N3O2. The van der Waals surface area contributed by atoms with E-state index in [0.717, 1.165) is 10.6 Å². The van der Waals surface area contributed by atoms with Crippen LogP contribution in [0.5, 0.6) is 5.75 Å². The van der Waals surface area contributed by atoms with Crippen LogP contribution >= 0.6 is 23.2 Å². The first-order chi connectivity index (χ1) is 17.6. The largest absolute Gasteiger partial charge is 0.479 e. The van der Waals surface area contributed by atoms with E-state index in [1.807, 2.05) is 4.90 Å². The van der Waals surface area contributed by atoms with Crippen molar-refractivity contribution in [1.29, 1.82) is 0 Å². The number of benzene rings is 3. The molecule has 196 valence electrons. The summed E-state index contributed by atoms with van der Waals surface area (Å²) in [4.78, 5) is 15.5. The molecule has 0 saturated carbocycles. The molecule has 0 radical (unpaired) electrons. The van der Waals surface area contributed by atoms with Crippen molar-refractivity contribution < 1.29 is 31.5 Å². The highest BCUT2D eigenvalue weighted by Crippen LogP contribution is 2.32. The van der Waals surface area contributed by atoms with Crippen molar-refractivity contribution >= 4 is 46.2 Å². The number of hydrogen-bond donors (Lipinski definition) is 1. The zero-order valence-corrected chi connectivity index (χ0v) is 20.8. The lowest BCUT2D eigenvalue weighted by molar-refractivity contribution is -0.122. The summed E-state index contributed by atoms with van der Waals surface area (Å²) in [5.41, 5.74) is 0.337. The van der Waals surface area contributed by atoms with Crippen LogP contribution in [0.2, 0.25) is 10.0 Å². The van der Waals surface area contributed by atoms with E-state index in [1.165, 1.54) is 6.07 Å². The molecule has 0 aliphatic carbocycles. The van der Waals surface area contributed by atoms with Gasteiger partial charge in [-0.25, -0.2) is 22.0 Å². The average molecular weight is 560 g/mol. The normalized spacial score (nSPS) is 14.5. The Kier molecular flexibility index (Phi) is 7.99. The Morgan fingerprint density at radius 3 is 1.95 bits per heavy atom. The molecule has 5 nitrogen and oxygen atoms in total. The summed E-state index contributed by atoms with van der Waals surface area (Å²) in [5.74, 6) is -9.90. The molecule has 37 heavy (non-hydrogen) atoms. The van der Waals surface area contributed by atoms with E-state index in [2.05, 4.69) is 5.32 Å². The second-order valence-corrected chi connectivity index (χ2v) is 9.11. The van der Waals surface area contributed by atoms with E-state index in [-0.39, 0.29) is 31.2 Å². The monoisotopic (exact) mass is 559 g/mol. The van der Waals surface area contributed by atoms with E-state index in [9.17, 15) is 26.7 Å². The van der Waals surface area contributed by atoms with Crippen LogP contribution in [0.3, 0.4) is 0 Å². The maximum Gasteiger partial charge on any atom is 0.265 e. The third-order valence-electron chi connectivity index (χ3n) is 5.85. The fourth-order valence-electron chi connectivity index (χ4n) is 3.87. The van der Waals surface area contributed by atoms with Crippen LogP contribution in [0.1, 0.15) is 6.92 Å². The van der Waals surface area contributed by atoms with Crippen molar-refractivity contribution in [3.05, 3.63) is 81.6 Å². The summed E-state index contributed by atoms with van der Waals surface area (Å²) < 4.78 is 74.4. The molecule has 1 atom stereocenters. The SMILES string of the molecule is CC(Oc1ccc(Cl)cc1Cl)C(=O)Nc1ccc(N2CCN(c3c(F)c(F)c(F)c(F)c3F)CC2)cc1. The molecule has 3 aromatic carbocycles. The van der Waals surface area contributed by atoms with Crippen molar-refractivity contribution in [3.8, 4) is 5.75 Å². The van der Waals surface area contributed by atoms with E-state index in [0.29, 0.717) is 16.5 Å². The van der Waals surface area contributed by atoms with Crippen molar-refractivity contribution in [2.75, 3.05) is 41.3 Å². The quantitative estimate of drug-likeness (QED) is 0.215. The van der Waals surface area contributed by atoms with E-state index in [4.69, 9.17) is 27.9 Å². The van der Waals surface area contributed by atoms with Crippen LogP contribution in [0.15, 0.2) is 42.5 Å². The zero-order chi connectivity index (χ0) is 26.9. The van der Waals surface area contributed by atoms with Gasteiger partial charge in [0, 0.05) is 42.6 Å². The molecule has 3 aromatic rings. The maximum atomic E-state index is 14.1. The number of nitrogens with one attached hydrogen (secondary N) is 1. The predicted molar refractivity (Wildman–Crippen MR) is 132 cm³/mol. The lowest BCUT2D eigenvalue weighted by Gasteiger charge is -2.37. The third-order valence-corrected chi connectivity index (χ3v) is 6.38. The standard InChI is InChI=1S/C25H20Cl2F5N3O2/c1-13(37-18-7-2-14(26)12-17(18)27)25(36)33-15-3-5-16(6-4-15)34-8-10-35(11-9-34)24-22(31)20(29)19(28)21(30)23(24)32/h2-7,12-13H,8-11H2,1H3,(H,33,36). The van der Waals surface area contributed by atoms with Gasteiger partial charge in [0.05, 0.1) is 5.02 Å². The summed E-state index contributed by atoms with van der Waals surface area (Å²) in [6.45, 7) is 2.20. The minimum Gasteiger partial charge on any atom is -0.479 e. The van der Waals surface area contributed by atoms with E-state index >= 15 is 0 Å². The highest BCUT2D eigenvalue weighted by molar-refractivity contribution is 6.35. The molecule has 1 saturated heterocycles. The predicted octanol–water partition coefficient (Wildman–Crippen LogP) is 6.42. The summed E-state index contributed by atoms with van der Waals surface area (Å²) in [6.07, 6.45) is -0.853. The van der Waals surface area contributed by atoms with Crippen LogP contribution in [-0.2, 0) is 4.79 Å². The van der Waals surface area contributed by atoms with Crippen molar-refractivity contribution in [2.45, 2.75) is 13.0 Å². The van der Waals surface area contributed by atoms with Gasteiger partial charge in [-0.15, -0.1) is 0 Å². The fourth-order valence-corrected chi connectivity index (χ4v) is 4.33. The number of carbonyl (C=O) groups is 1. The van der Waals surface area contributed by atoms with Crippen LogP contribution in [0, 0.1) is 29.1 Å². The van der Waals surface area contributed by atoms with Gasteiger partial charge in [0.1, 0.15) is 11.4 Å². The molecule has 1 fully saturated rings. The molecule has 12 heteroatoms. The third kappa shape index (κ3) is 5.70. The number of nitrogens with zero attached hydrogens (tertiary/aromatic N) is 2. The van der Waals surface area contributed by atoms with E-state index in [1.54, 1.807) is 43.3 Å². The Balaban J connectivity index is 1.35. The number of anilines is 3.